The fraction of sp³-hybridized carbons (Fsp3) is 0.0769. The zero-order chi connectivity index (χ0) is 13.1. The third kappa shape index (κ3) is 2.50. The lowest BCUT2D eigenvalue weighted by atomic mass is 10.1. The molecule has 1 heterocycles. The number of hydrogen-bond acceptors (Lipinski definition) is 4. The van der Waals surface area contributed by atoms with Crippen LogP contribution in [0.4, 0.5) is 0 Å². The van der Waals surface area contributed by atoms with Gasteiger partial charge in [-0.2, -0.15) is 5.26 Å². The molecule has 2 aromatic rings. The first-order valence-corrected chi connectivity index (χ1v) is 5.98. The highest BCUT2D eigenvalue weighted by molar-refractivity contribution is 7.12. The molecule has 0 spiro atoms. The molecule has 18 heavy (non-hydrogen) atoms. The van der Waals surface area contributed by atoms with E-state index in [1.807, 2.05) is 6.92 Å². The van der Waals surface area contributed by atoms with Gasteiger partial charge in [0.1, 0.15) is 16.4 Å². The van der Waals surface area contributed by atoms with Crippen molar-refractivity contribution in [1.29, 1.82) is 5.26 Å². The summed E-state index contributed by atoms with van der Waals surface area (Å²) in [4.78, 5) is 11.0. The van der Waals surface area contributed by atoms with Gasteiger partial charge in [-0.3, -0.25) is 0 Å². The van der Waals surface area contributed by atoms with Crippen LogP contribution >= 0.6 is 11.3 Å². The van der Waals surface area contributed by atoms with Gasteiger partial charge in [0.2, 0.25) is 0 Å². The fourth-order valence-electron chi connectivity index (χ4n) is 1.45. The summed E-state index contributed by atoms with van der Waals surface area (Å²) in [5.74, 6) is 0.105. The maximum Gasteiger partial charge on any atom is 0.346 e. The monoisotopic (exact) mass is 259 g/mol. The second-order valence-electron chi connectivity index (χ2n) is 3.64. The van der Waals surface area contributed by atoms with Gasteiger partial charge in [-0.15, -0.1) is 11.3 Å². The molecule has 0 atom stereocenters. The zero-order valence-corrected chi connectivity index (χ0v) is 10.3. The number of hydrogen-bond donors (Lipinski definition) is 1. The number of carboxylic acid groups (broad SMARTS) is 1. The molecule has 0 radical (unpaired) electrons. The normalized spacial score (nSPS) is 9.78. The van der Waals surface area contributed by atoms with E-state index < -0.39 is 5.97 Å². The minimum Gasteiger partial charge on any atom is -0.477 e. The Morgan fingerprint density at radius 1 is 1.39 bits per heavy atom. The van der Waals surface area contributed by atoms with Crippen molar-refractivity contribution in [3.63, 3.8) is 0 Å². The molecule has 0 bridgehead atoms. The molecular weight excluding hydrogens is 250 g/mol. The number of nitrogens with zero attached hydrogens (tertiary/aromatic N) is 1. The summed E-state index contributed by atoms with van der Waals surface area (Å²) in [7, 11) is 0. The molecule has 1 N–H and O–H groups in total. The zero-order valence-electron chi connectivity index (χ0n) is 9.51. The Kier molecular flexibility index (Phi) is 3.31. The molecule has 0 aliphatic carbocycles. The molecule has 1 aromatic carbocycles. The molecule has 0 aliphatic rings. The van der Waals surface area contributed by atoms with E-state index in [1.54, 1.807) is 23.6 Å². The summed E-state index contributed by atoms with van der Waals surface area (Å²) < 4.78 is 5.53. The number of nitriles is 1. The standard InChI is InChI=1S/C13H9NO3S/c1-8-4-10(3-2-9(8)6-14)17-11-5-12(13(15)16)18-7-11/h2-5,7H,1H3,(H,15,16). The number of ether oxygens (including phenoxy) is 1. The smallest absolute Gasteiger partial charge is 0.346 e. The summed E-state index contributed by atoms with van der Waals surface area (Å²) >= 11 is 1.11. The lowest BCUT2D eigenvalue weighted by molar-refractivity contribution is 0.0702. The molecule has 0 saturated heterocycles. The molecule has 5 heteroatoms. The van der Waals surface area contributed by atoms with E-state index in [2.05, 4.69) is 6.07 Å². The van der Waals surface area contributed by atoms with Gasteiger partial charge >= 0.3 is 5.97 Å². The Labute approximate surface area is 108 Å². The third-order valence-corrected chi connectivity index (χ3v) is 3.24. The number of carbonyl (C=O) groups is 1. The summed E-state index contributed by atoms with van der Waals surface area (Å²) in [6, 6.07) is 8.65. The largest absolute Gasteiger partial charge is 0.477 e. The molecule has 1 aromatic heterocycles. The molecule has 4 nitrogen and oxygen atoms in total. The summed E-state index contributed by atoms with van der Waals surface area (Å²) in [6.07, 6.45) is 0. The van der Waals surface area contributed by atoms with Crippen LogP contribution in [0.2, 0.25) is 0 Å². The second-order valence-corrected chi connectivity index (χ2v) is 4.55. The molecule has 2 rings (SSSR count). The SMILES string of the molecule is Cc1cc(Oc2csc(C(=O)O)c2)ccc1C#N. The molecule has 0 saturated carbocycles. The minimum absolute atomic E-state index is 0.232. The first-order valence-electron chi connectivity index (χ1n) is 5.10. The summed E-state index contributed by atoms with van der Waals surface area (Å²) in [6.45, 7) is 1.82. The van der Waals surface area contributed by atoms with E-state index in [0.29, 0.717) is 17.1 Å². The number of benzene rings is 1. The maximum atomic E-state index is 10.7. The lowest BCUT2D eigenvalue weighted by Gasteiger charge is -2.04. The number of carboxylic acids is 1. The van der Waals surface area contributed by atoms with Crippen molar-refractivity contribution in [3.05, 3.63) is 45.6 Å². The quantitative estimate of drug-likeness (QED) is 0.916. The van der Waals surface area contributed by atoms with Crippen LogP contribution in [0, 0.1) is 18.3 Å². The Morgan fingerprint density at radius 3 is 2.72 bits per heavy atom. The summed E-state index contributed by atoms with van der Waals surface area (Å²) in [5, 5.41) is 19.2. The van der Waals surface area contributed by atoms with Crippen molar-refractivity contribution in [2.24, 2.45) is 0 Å². The number of thiophene rings is 1. The van der Waals surface area contributed by atoms with Crippen molar-refractivity contribution in [2.45, 2.75) is 6.92 Å². The van der Waals surface area contributed by atoms with Gasteiger partial charge in [-0.05, 0) is 30.7 Å². The van der Waals surface area contributed by atoms with Gasteiger partial charge in [0.25, 0.3) is 0 Å². The van der Waals surface area contributed by atoms with Gasteiger partial charge in [0, 0.05) is 11.4 Å². The van der Waals surface area contributed by atoms with Crippen molar-refractivity contribution in [1.82, 2.24) is 0 Å². The van der Waals surface area contributed by atoms with Gasteiger partial charge in [-0.1, -0.05) is 0 Å². The van der Waals surface area contributed by atoms with E-state index in [4.69, 9.17) is 15.1 Å². The molecule has 0 amide bonds. The average molecular weight is 259 g/mol. The van der Waals surface area contributed by atoms with Crippen LogP contribution in [0.5, 0.6) is 11.5 Å². The van der Waals surface area contributed by atoms with E-state index in [-0.39, 0.29) is 4.88 Å². The van der Waals surface area contributed by atoms with Crippen molar-refractivity contribution >= 4 is 17.3 Å². The van der Waals surface area contributed by atoms with Crippen molar-refractivity contribution in [2.75, 3.05) is 0 Å². The Bertz CT molecular complexity index is 640. The van der Waals surface area contributed by atoms with Crippen LogP contribution < -0.4 is 4.74 Å². The highest BCUT2D eigenvalue weighted by Crippen LogP contribution is 2.28. The number of aromatic carboxylic acids is 1. The first kappa shape index (κ1) is 12.1. The van der Waals surface area contributed by atoms with Gasteiger partial charge in [-0.25, -0.2) is 4.79 Å². The number of aryl methyl sites for hydroxylation is 1. The first-order chi connectivity index (χ1) is 8.60. The Morgan fingerprint density at radius 2 is 2.17 bits per heavy atom. The van der Waals surface area contributed by atoms with E-state index >= 15 is 0 Å². The molecule has 0 aliphatic heterocycles. The fourth-order valence-corrected chi connectivity index (χ4v) is 2.09. The van der Waals surface area contributed by atoms with E-state index in [0.717, 1.165) is 16.9 Å². The molecule has 0 unspecified atom stereocenters. The second kappa shape index (κ2) is 4.90. The van der Waals surface area contributed by atoms with Crippen LogP contribution in [-0.4, -0.2) is 11.1 Å². The van der Waals surface area contributed by atoms with Crippen LogP contribution in [0.25, 0.3) is 0 Å². The lowest BCUT2D eigenvalue weighted by Crippen LogP contribution is -1.90. The molecule has 90 valence electrons. The minimum atomic E-state index is -0.967. The topological polar surface area (TPSA) is 70.3 Å². The van der Waals surface area contributed by atoms with Gasteiger partial charge in [0.05, 0.1) is 11.6 Å². The summed E-state index contributed by atoms with van der Waals surface area (Å²) in [5.41, 5.74) is 1.42. The van der Waals surface area contributed by atoms with Gasteiger partial charge in [0.15, 0.2) is 0 Å². The Balaban J connectivity index is 2.21. The van der Waals surface area contributed by atoms with Crippen molar-refractivity contribution < 1.29 is 14.6 Å². The van der Waals surface area contributed by atoms with Crippen LogP contribution in [0.3, 0.4) is 0 Å². The van der Waals surface area contributed by atoms with Gasteiger partial charge < -0.3 is 9.84 Å². The molecule has 0 fully saturated rings. The van der Waals surface area contributed by atoms with E-state index in [1.165, 1.54) is 6.07 Å². The highest BCUT2D eigenvalue weighted by atomic mass is 32.1. The predicted octanol–water partition coefficient (Wildman–Crippen LogP) is 3.42. The molecular formula is C13H9NO3S. The highest BCUT2D eigenvalue weighted by Gasteiger charge is 2.08. The van der Waals surface area contributed by atoms with Crippen LogP contribution in [0.15, 0.2) is 29.6 Å². The van der Waals surface area contributed by atoms with E-state index in [9.17, 15) is 4.79 Å². The predicted molar refractivity (Wildman–Crippen MR) is 67.2 cm³/mol. The maximum absolute atomic E-state index is 10.7. The Hall–Kier alpha value is -2.32. The van der Waals surface area contributed by atoms with Crippen molar-refractivity contribution in [3.8, 4) is 17.6 Å². The van der Waals surface area contributed by atoms with Crippen LogP contribution in [0.1, 0.15) is 20.8 Å². The third-order valence-electron chi connectivity index (χ3n) is 2.34. The average Bonchev–Trinajstić information content (AvgIpc) is 2.78. The number of rotatable bonds is 3. The van der Waals surface area contributed by atoms with Crippen LogP contribution in [-0.2, 0) is 0 Å².